The van der Waals surface area contributed by atoms with Gasteiger partial charge in [0.2, 0.25) is 0 Å². The van der Waals surface area contributed by atoms with Crippen LogP contribution in [0.1, 0.15) is 22.9 Å². The van der Waals surface area contributed by atoms with Crippen LogP contribution in [0.25, 0.3) is 11.2 Å². The molecule has 4 atom stereocenters. The molecule has 11 heteroatoms. The van der Waals surface area contributed by atoms with Crippen molar-refractivity contribution >= 4 is 17.0 Å². The SMILES string of the molecule is COCCO[C@@H]1[C@H](NC(c2ccccc2)(c2ccccc2)c2ccc(OC)cc2)[C@@H](CO)O[C@H]1n1cnc2c(N)ncnc21. The molecule has 0 saturated carbocycles. The number of anilines is 1. The molecule has 4 N–H and O–H groups in total. The number of nitrogens with two attached hydrogens (primary N) is 1. The third kappa shape index (κ3) is 5.40. The summed E-state index contributed by atoms with van der Waals surface area (Å²) in [5.41, 5.74) is 9.17. The number of nitrogens with one attached hydrogen (secondary N) is 1. The molecule has 0 amide bonds. The molecule has 0 bridgehead atoms. The Kier molecular flexibility index (Phi) is 8.82. The van der Waals surface area contributed by atoms with E-state index in [4.69, 9.17) is 24.7 Å². The molecule has 5 aromatic rings. The van der Waals surface area contributed by atoms with E-state index in [0.29, 0.717) is 24.4 Å². The van der Waals surface area contributed by atoms with E-state index in [1.165, 1.54) is 6.33 Å². The molecule has 0 aliphatic carbocycles. The van der Waals surface area contributed by atoms with Crippen molar-refractivity contribution in [2.24, 2.45) is 0 Å². The molecule has 2 aromatic heterocycles. The first kappa shape index (κ1) is 29.7. The van der Waals surface area contributed by atoms with Crippen molar-refractivity contribution in [1.82, 2.24) is 24.8 Å². The molecule has 228 valence electrons. The van der Waals surface area contributed by atoms with Crippen LogP contribution in [0.2, 0.25) is 0 Å². The Bertz CT molecular complexity index is 1610. The summed E-state index contributed by atoms with van der Waals surface area (Å²) in [7, 11) is 3.28. The van der Waals surface area contributed by atoms with Crippen molar-refractivity contribution in [1.29, 1.82) is 0 Å². The zero-order valence-corrected chi connectivity index (χ0v) is 24.6. The van der Waals surface area contributed by atoms with Gasteiger partial charge in [0.15, 0.2) is 17.7 Å². The number of fused-ring (bicyclic) bond motifs is 1. The Balaban J connectivity index is 1.52. The van der Waals surface area contributed by atoms with Gasteiger partial charge in [0.05, 0.1) is 44.8 Å². The molecule has 0 spiro atoms. The van der Waals surface area contributed by atoms with Gasteiger partial charge in [-0.2, -0.15) is 0 Å². The minimum absolute atomic E-state index is 0.260. The molecule has 6 rings (SSSR count). The maximum Gasteiger partial charge on any atom is 0.167 e. The first-order valence-corrected chi connectivity index (χ1v) is 14.4. The lowest BCUT2D eigenvalue weighted by molar-refractivity contribution is -0.0755. The Morgan fingerprint density at radius 3 is 2.16 bits per heavy atom. The summed E-state index contributed by atoms with van der Waals surface area (Å²) in [4.78, 5) is 13.0. The average Bonchev–Trinajstić information content (AvgIpc) is 3.66. The van der Waals surface area contributed by atoms with Gasteiger partial charge in [-0.15, -0.1) is 0 Å². The number of aromatic nitrogens is 4. The Labute approximate surface area is 255 Å². The molecule has 1 fully saturated rings. The maximum absolute atomic E-state index is 10.7. The van der Waals surface area contributed by atoms with Crippen LogP contribution in [0.15, 0.2) is 97.6 Å². The fraction of sp³-hybridized carbons (Fsp3) is 0.303. The van der Waals surface area contributed by atoms with Gasteiger partial charge in [0, 0.05) is 7.11 Å². The summed E-state index contributed by atoms with van der Waals surface area (Å²) in [6.07, 6.45) is 1.07. The number of methoxy groups -OCH3 is 2. The van der Waals surface area contributed by atoms with Crippen LogP contribution in [-0.4, -0.2) is 76.9 Å². The molecule has 0 unspecified atom stereocenters. The topological polar surface area (TPSA) is 139 Å². The highest BCUT2D eigenvalue weighted by molar-refractivity contribution is 5.81. The zero-order chi connectivity index (χ0) is 30.5. The van der Waals surface area contributed by atoms with Crippen LogP contribution in [0.4, 0.5) is 5.82 Å². The Hall–Kier alpha value is -4.39. The molecule has 1 aliphatic rings. The molecule has 3 aromatic carbocycles. The predicted octanol–water partition coefficient (Wildman–Crippen LogP) is 3.29. The third-order valence-electron chi connectivity index (χ3n) is 8.11. The van der Waals surface area contributed by atoms with Crippen LogP contribution in [0.3, 0.4) is 0 Å². The van der Waals surface area contributed by atoms with E-state index in [9.17, 15) is 5.11 Å². The summed E-state index contributed by atoms with van der Waals surface area (Å²) in [5.74, 6) is 1.01. The molecule has 0 radical (unpaired) electrons. The lowest BCUT2D eigenvalue weighted by Gasteiger charge is -2.41. The Morgan fingerprint density at radius 1 is 0.886 bits per heavy atom. The van der Waals surface area contributed by atoms with Crippen molar-refractivity contribution in [3.8, 4) is 5.75 Å². The highest BCUT2D eigenvalue weighted by Crippen LogP contribution is 2.42. The number of imidazole rings is 1. The lowest BCUT2D eigenvalue weighted by Crippen LogP contribution is -2.57. The van der Waals surface area contributed by atoms with Crippen LogP contribution in [-0.2, 0) is 19.7 Å². The van der Waals surface area contributed by atoms with Gasteiger partial charge in [-0.25, -0.2) is 15.0 Å². The fourth-order valence-electron chi connectivity index (χ4n) is 6.01. The van der Waals surface area contributed by atoms with Crippen molar-refractivity contribution in [2.45, 2.75) is 30.0 Å². The minimum atomic E-state index is -0.877. The fourth-order valence-corrected chi connectivity index (χ4v) is 6.01. The van der Waals surface area contributed by atoms with Gasteiger partial charge < -0.3 is 29.8 Å². The second kappa shape index (κ2) is 13.1. The monoisotopic (exact) mass is 596 g/mol. The second-order valence-electron chi connectivity index (χ2n) is 10.5. The molecule has 44 heavy (non-hydrogen) atoms. The first-order chi connectivity index (χ1) is 21.6. The van der Waals surface area contributed by atoms with E-state index in [1.54, 1.807) is 25.1 Å². The minimum Gasteiger partial charge on any atom is -0.497 e. The number of nitrogens with zero attached hydrogens (tertiary/aromatic N) is 4. The Morgan fingerprint density at radius 2 is 1.55 bits per heavy atom. The lowest BCUT2D eigenvalue weighted by atomic mass is 9.76. The molecular formula is C33H36N6O5. The van der Waals surface area contributed by atoms with Crippen LogP contribution in [0, 0.1) is 0 Å². The number of aliphatic hydroxyl groups excluding tert-OH is 1. The smallest absolute Gasteiger partial charge is 0.167 e. The molecule has 11 nitrogen and oxygen atoms in total. The van der Waals surface area contributed by atoms with Crippen LogP contribution < -0.4 is 15.8 Å². The van der Waals surface area contributed by atoms with Gasteiger partial charge in [-0.3, -0.25) is 9.88 Å². The van der Waals surface area contributed by atoms with Gasteiger partial charge in [0.25, 0.3) is 0 Å². The highest BCUT2D eigenvalue weighted by Gasteiger charge is 2.51. The number of nitrogen functional groups attached to an aromatic ring is 1. The quantitative estimate of drug-likeness (QED) is 0.145. The number of ether oxygens (including phenoxy) is 4. The summed E-state index contributed by atoms with van der Waals surface area (Å²) in [6.45, 7) is 0.415. The van der Waals surface area contributed by atoms with E-state index in [-0.39, 0.29) is 12.4 Å². The van der Waals surface area contributed by atoms with E-state index >= 15 is 0 Å². The maximum atomic E-state index is 10.7. The van der Waals surface area contributed by atoms with Crippen LogP contribution in [0.5, 0.6) is 5.75 Å². The molecule has 1 aliphatic heterocycles. The third-order valence-corrected chi connectivity index (χ3v) is 8.11. The van der Waals surface area contributed by atoms with E-state index in [1.807, 2.05) is 48.5 Å². The normalized spacial score (nSPS) is 20.2. The van der Waals surface area contributed by atoms with Crippen molar-refractivity contribution < 1.29 is 24.1 Å². The zero-order valence-electron chi connectivity index (χ0n) is 24.6. The van der Waals surface area contributed by atoms with Crippen LogP contribution >= 0.6 is 0 Å². The second-order valence-corrected chi connectivity index (χ2v) is 10.5. The van der Waals surface area contributed by atoms with E-state index in [2.05, 4.69) is 56.7 Å². The highest BCUT2D eigenvalue weighted by atomic mass is 16.6. The van der Waals surface area contributed by atoms with E-state index < -0.39 is 30.0 Å². The summed E-state index contributed by atoms with van der Waals surface area (Å²) >= 11 is 0. The van der Waals surface area contributed by atoms with Gasteiger partial charge >= 0.3 is 0 Å². The molecule has 3 heterocycles. The van der Waals surface area contributed by atoms with Gasteiger partial charge in [-0.1, -0.05) is 72.8 Å². The number of aliphatic hydroxyl groups is 1. The number of benzene rings is 3. The number of rotatable bonds is 12. The van der Waals surface area contributed by atoms with Crippen molar-refractivity contribution in [3.05, 3.63) is 114 Å². The largest absolute Gasteiger partial charge is 0.497 e. The average molecular weight is 597 g/mol. The predicted molar refractivity (Wildman–Crippen MR) is 165 cm³/mol. The first-order valence-electron chi connectivity index (χ1n) is 14.4. The summed E-state index contributed by atoms with van der Waals surface area (Å²) < 4.78 is 25.7. The standard InChI is InChI=1S/C33H36N6O5/c1-41-17-18-43-29-27(26(19-40)44-32(29)39-21-37-28-30(34)35-20-36-31(28)39)38-33(22-9-5-3-6-10-22,23-11-7-4-8-12-23)24-13-15-25(42-2)16-14-24/h3-16,20-21,26-27,29,32,38,40H,17-19H2,1-2H3,(H2,34,35,36)/t26-,27-,29-,32-/m1/s1. The number of hydrogen-bond donors (Lipinski definition) is 3. The van der Waals surface area contributed by atoms with Crippen molar-refractivity contribution in [3.63, 3.8) is 0 Å². The van der Waals surface area contributed by atoms with Gasteiger partial charge in [-0.05, 0) is 28.8 Å². The number of hydrogen-bond acceptors (Lipinski definition) is 10. The molecule has 1 saturated heterocycles. The summed E-state index contributed by atoms with van der Waals surface area (Å²) in [5, 5.41) is 14.7. The summed E-state index contributed by atoms with van der Waals surface area (Å²) in [6, 6.07) is 27.9. The van der Waals surface area contributed by atoms with E-state index in [0.717, 1.165) is 22.4 Å². The molecular weight excluding hydrogens is 560 g/mol. The van der Waals surface area contributed by atoms with Crippen molar-refractivity contribution in [2.75, 3.05) is 39.8 Å². The van der Waals surface area contributed by atoms with Gasteiger partial charge in [0.1, 0.15) is 29.8 Å².